The van der Waals surface area contributed by atoms with Crippen LogP contribution in [0.1, 0.15) is 36.7 Å². The molecule has 2 unspecified atom stereocenters. The van der Waals surface area contributed by atoms with Crippen LogP contribution in [0, 0.1) is 5.41 Å². The van der Waals surface area contributed by atoms with E-state index >= 15 is 0 Å². The Bertz CT molecular complexity index is 513. The van der Waals surface area contributed by atoms with Gasteiger partial charge in [0.05, 0.1) is 11.7 Å². The highest BCUT2D eigenvalue weighted by molar-refractivity contribution is 5.92. The van der Waals surface area contributed by atoms with Crippen LogP contribution in [0.25, 0.3) is 0 Å². The number of amides is 1. The second-order valence-electron chi connectivity index (χ2n) is 5.43. The maximum absolute atomic E-state index is 12.1. The summed E-state index contributed by atoms with van der Waals surface area (Å²) in [6.07, 6.45) is 5.23. The van der Waals surface area contributed by atoms with E-state index in [1.807, 2.05) is 0 Å². The number of nitrogens with one attached hydrogen (secondary N) is 1. The Hall–Kier alpha value is -1.89. The van der Waals surface area contributed by atoms with Crippen molar-refractivity contribution in [2.24, 2.45) is 11.1 Å². The Morgan fingerprint density at radius 2 is 2.40 bits per heavy atom. The molecular weight excluding hydrogens is 260 g/mol. The summed E-state index contributed by atoms with van der Waals surface area (Å²) in [5.41, 5.74) is 4.83. The SMILES string of the molecule is CC1(C(=O)O)CCCC1NC(=O)c1cn(CCN)cn1. The Morgan fingerprint density at radius 1 is 1.65 bits per heavy atom. The molecular formula is C13H20N4O3. The number of aromatic nitrogens is 2. The van der Waals surface area contributed by atoms with Crippen molar-refractivity contribution < 1.29 is 14.7 Å². The van der Waals surface area contributed by atoms with Crippen LogP contribution in [0.4, 0.5) is 0 Å². The van der Waals surface area contributed by atoms with Gasteiger partial charge in [0.2, 0.25) is 0 Å². The van der Waals surface area contributed by atoms with E-state index in [0.717, 1.165) is 6.42 Å². The topological polar surface area (TPSA) is 110 Å². The lowest BCUT2D eigenvalue weighted by Gasteiger charge is -2.27. The fraction of sp³-hybridized carbons (Fsp3) is 0.615. The van der Waals surface area contributed by atoms with Gasteiger partial charge in [0.25, 0.3) is 5.91 Å². The number of rotatable bonds is 5. The van der Waals surface area contributed by atoms with Crippen LogP contribution in [0.15, 0.2) is 12.5 Å². The Kier molecular flexibility index (Phi) is 4.08. The number of hydrogen-bond donors (Lipinski definition) is 3. The molecule has 7 nitrogen and oxygen atoms in total. The summed E-state index contributed by atoms with van der Waals surface area (Å²) in [7, 11) is 0. The zero-order valence-electron chi connectivity index (χ0n) is 11.5. The summed E-state index contributed by atoms with van der Waals surface area (Å²) < 4.78 is 1.74. The van der Waals surface area contributed by atoms with Gasteiger partial charge in [-0.05, 0) is 19.8 Å². The van der Waals surface area contributed by atoms with Crippen LogP contribution in [0.5, 0.6) is 0 Å². The monoisotopic (exact) mass is 280 g/mol. The second kappa shape index (κ2) is 5.62. The van der Waals surface area contributed by atoms with E-state index in [4.69, 9.17) is 5.73 Å². The molecule has 1 fully saturated rings. The van der Waals surface area contributed by atoms with Crippen LogP contribution in [0.3, 0.4) is 0 Å². The number of carbonyl (C=O) groups excluding carboxylic acids is 1. The first-order valence-corrected chi connectivity index (χ1v) is 6.73. The van der Waals surface area contributed by atoms with E-state index in [-0.39, 0.29) is 17.6 Å². The zero-order valence-corrected chi connectivity index (χ0v) is 11.5. The average molecular weight is 280 g/mol. The lowest BCUT2D eigenvalue weighted by atomic mass is 9.85. The van der Waals surface area contributed by atoms with Crippen molar-refractivity contribution in [1.82, 2.24) is 14.9 Å². The Labute approximate surface area is 117 Å². The van der Waals surface area contributed by atoms with E-state index in [9.17, 15) is 14.7 Å². The summed E-state index contributed by atoms with van der Waals surface area (Å²) in [5, 5.41) is 12.1. The molecule has 1 amide bonds. The normalized spacial score (nSPS) is 25.6. The average Bonchev–Trinajstić information content (AvgIpc) is 2.99. The molecule has 7 heteroatoms. The van der Waals surface area contributed by atoms with Crippen LogP contribution >= 0.6 is 0 Å². The van der Waals surface area contributed by atoms with Gasteiger partial charge in [-0.1, -0.05) is 6.42 Å². The molecule has 2 atom stereocenters. The minimum absolute atomic E-state index is 0.290. The highest BCUT2D eigenvalue weighted by Crippen LogP contribution is 2.38. The predicted octanol–water partition coefficient (Wildman–Crippen LogP) is 0.215. The molecule has 2 rings (SSSR count). The first-order chi connectivity index (χ1) is 9.47. The quantitative estimate of drug-likeness (QED) is 0.714. The fourth-order valence-corrected chi connectivity index (χ4v) is 2.63. The van der Waals surface area contributed by atoms with Crippen molar-refractivity contribution in [2.45, 2.75) is 38.8 Å². The number of carbonyl (C=O) groups is 2. The van der Waals surface area contributed by atoms with Crippen molar-refractivity contribution in [1.29, 1.82) is 0 Å². The number of nitrogens with zero attached hydrogens (tertiary/aromatic N) is 2. The number of carboxylic acid groups (broad SMARTS) is 1. The standard InChI is InChI=1S/C13H20N4O3/c1-13(12(19)20)4-2-3-10(13)16-11(18)9-7-17(6-5-14)8-15-9/h7-8,10H,2-6,14H2,1H3,(H,16,18)(H,19,20). The van der Waals surface area contributed by atoms with Gasteiger partial charge in [0.15, 0.2) is 0 Å². The van der Waals surface area contributed by atoms with Crippen molar-refractivity contribution in [3.05, 3.63) is 18.2 Å². The van der Waals surface area contributed by atoms with Gasteiger partial charge in [0, 0.05) is 25.3 Å². The fourth-order valence-electron chi connectivity index (χ4n) is 2.63. The zero-order chi connectivity index (χ0) is 14.8. The molecule has 0 bridgehead atoms. The van der Waals surface area contributed by atoms with Gasteiger partial charge >= 0.3 is 5.97 Å². The van der Waals surface area contributed by atoms with Crippen molar-refractivity contribution >= 4 is 11.9 Å². The molecule has 0 aromatic carbocycles. The van der Waals surface area contributed by atoms with Gasteiger partial charge in [0.1, 0.15) is 5.69 Å². The van der Waals surface area contributed by atoms with E-state index in [0.29, 0.717) is 25.9 Å². The first kappa shape index (κ1) is 14.5. The number of imidazole rings is 1. The highest BCUT2D eigenvalue weighted by Gasteiger charge is 2.46. The van der Waals surface area contributed by atoms with Gasteiger partial charge < -0.3 is 20.7 Å². The van der Waals surface area contributed by atoms with Gasteiger partial charge in [-0.3, -0.25) is 9.59 Å². The van der Waals surface area contributed by atoms with Crippen molar-refractivity contribution in [2.75, 3.05) is 6.54 Å². The lowest BCUT2D eigenvalue weighted by Crippen LogP contribution is -2.47. The largest absolute Gasteiger partial charge is 0.481 e. The predicted molar refractivity (Wildman–Crippen MR) is 72.1 cm³/mol. The number of carboxylic acids is 1. The molecule has 1 aliphatic rings. The maximum Gasteiger partial charge on any atom is 0.311 e. The maximum atomic E-state index is 12.1. The molecule has 0 aliphatic heterocycles. The smallest absolute Gasteiger partial charge is 0.311 e. The summed E-state index contributed by atoms with van der Waals surface area (Å²) in [4.78, 5) is 27.5. The number of hydrogen-bond acceptors (Lipinski definition) is 4. The van der Waals surface area contributed by atoms with Crippen molar-refractivity contribution in [3.63, 3.8) is 0 Å². The Balaban J connectivity index is 2.05. The first-order valence-electron chi connectivity index (χ1n) is 6.73. The van der Waals surface area contributed by atoms with E-state index in [1.165, 1.54) is 0 Å². The molecule has 0 spiro atoms. The molecule has 4 N–H and O–H groups in total. The van der Waals surface area contributed by atoms with Crippen LogP contribution in [0.2, 0.25) is 0 Å². The number of nitrogens with two attached hydrogens (primary N) is 1. The number of aliphatic carboxylic acids is 1. The third-order valence-corrected chi connectivity index (χ3v) is 4.01. The molecule has 1 aromatic heterocycles. The van der Waals surface area contributed by atoms with E-state index in [1.54, 1.807) is 24.0 Å². The molecule has 1 heterocycles. The molecule has 1 aromatic rings. The highest BCUT2D eigenvalue weighted by atomic mass is 16.4. The van der Waals surface area contributed by atoms with E-state index in [2.05, 4.69) is 10.3 Å². The summed E-state index contributed by atoms with van der Waals surface area (Å²) >= 11 is 0. The molecule has 0 radical (unpaired) electrons. The third-order valence-electron chi connectivity index (χ3n) is 4.01. The summed E-state index contributed by atoms with van der Waals surface area (Å²) in [5.74, 6) is -1.20. The minimum atomic E-state index is -0.893. The molecule has 20 heavy (non-hydrogen) atoms. The van der Waals surface area contributed by atoms with Crippen LogP contribution < -0.4 is 11.1 Å². The van der Waals surface area contributed by atoms with Gasteiger partial charge in [-0.2, -0.15) is 0 Å². The summed E-state index contributed by atoms with van der Waals surface area (Å²) in [6, 6.07) is -0.354. The minimum Gasteiger partial charge on any atom is -0.481 e. The van der Waals surface area contributed by atoms with E-state index < -0.39 is 11.4 Å². The van der Waals surface area contributed by atoms with Gasteiger partial charge in [-0.15, -0.1) is 0 Å². The Morgan fingerprint density at radius 3 is 3.05 bits per heavy atom. The molecule has 0 saturated heterocycles. The summed E-state index contributed by atoms with van der Waals surface area (Å²) in [6.45, 7) is 2.74. The second-order valence-corrected chi connectivity index (χ2v) is 5.43. The lowest BCUT2D eigenvalue weighted by molar-refractivity contribution is -0.148. The molecule has 1 saturated carbocycles. The van der Waals surface area contributed by atoms with Gasteiger partial charge in [-0.25, -0.2) is 4.98 Å². The molecule has 1 aliphatic carbocycles. The third kappa shape index (κ3) is 2.67. The van der Waals surface area contributed by atoms with Crippen molar-refractivity contribution in [3.8, 4) is 0 Å². The van der Waals surface area contributed by atoms with Crippen LogP contribution in [-0.2, 0) is 11.3 Å². The van der Waals surface area contributed by atoms with Crippen LogP contribution in [-0.4, -0.2) is 39.1 Å². The molecule has 110 valence electrons.